The highest BCUT2D eigenvalue weighted by molar-refractivity contribution is 7.20. The number of hydrogen-bond acceptors (Lipinski definition) is 4. The van der Waals surface area contributed by atoms with Crippen molar-refractivity contribution in [2.75, 3.05) is 58.9 Å². The van der Waals surface area contributed by atoms with Gasteiger partial charge in [0.2, 0.25) is 0 Å². The number of rotatable bonds is 28. The molecule has 0 spiro atoms. The summed E-state index contributed by atoms with van der Waals surface area (Å²) in [7, 11) is 0. The molecule has 0 heterocycles. The van der Waals surface area contributed by atoms with Crippen LogP contribution >= 0.6 is 0 Å². The minimum atomic E-state index is -7.22. The zero-order valence-electron chi connectivity index (χ0n) is 53.3. The monoisotopic (exact) mass is 1350 g/mol. The van der Waals surface area contributed by atoms with Gasteiger partial charge in [-0.3, -0.25) is 0 Å². The molecule has 0 bridgehead atoms. The fourth-order valence-electron chi connectivity index (χ4n) is 11.7. The van der Waals surface area contributed by atoms with E-state index < -0.39 is 144 Å². The van der Waals surface area contributed by atoms with Gasteiger partial charge in [-0.15, -0.1) is 21.9 Å². The molecule has 0 saturated heterocycles. The second-order valence-electron chi connectivity index (χ2n) is 23.1. The molecule has 0 fully saturated rings. The number of hydrogen-bond donors (Lipinski definition) is 0. The van der Waals surface area contributed by atoms with Crippen LogP contribution in [0.15, 0.2) is 54.6 Å². The first-order chi connectivity index (χ1) is 44.5. The Balaban J connectivity index is 0.000000299. The van der Waals surface area contributed by atoms with E-state index in [1.807, 2.05) is 0 Å². The third-order valence-electron chi connectivity index (χ3n) is 16.8. The molecule has 0 amide bonds. The average Bonchev–Trinajstić information content (AvgIpc) is 0.682. The summed E-state index contributed by atoms with van der Waals surface area (Å²) in [4.78, 5) is 10.4. The van der Waals surface area contributed by atoms with Gasteiger partial charge in [0, 0.05) is 73.4 Å². The number of halogens is 20. The van der Waals surface area contributed by atoms with Crippen LogP contribution < -0.4 is 41.5 Å². The van der Waals surface area contributed by atoms with E-state index in [0.29, 0.717) is 0 Å². The molecular weight excluding hydrogens is 1280 g/mol. The Labute approximate surface area is 534 Å². The number of unbranched alkanes of at least 4 members (excludes halogenated alkanes) is 6. The second-order valence-corrected chi connectivity index (χ2v) is 23.1. The van der Waals surface area contributed by atoms with Crippen LogP contribution in [0.25, 0.3) is 0 Å². The normalized spacial score (nSPS) is 11.6. The summed E-state index contributed by atoms with van der Waals surface area (Å²) in [6, 6.07) is 21.6. The van der Waals surface area contributed by atoms with E-state index in [1.54, 1.807) is 0 Å². The smallest absolute Gasteiger partial charge is 0.200 e. The third-order valence-corrected chi connectivity index (χ3v) is 16.8. The van der Waals surface area contributed by atoms with E-state index in [9.17, 15) is 52.7 Å². The van der Waals surface area contributed by atoms with Crippen molar-refractivity contribution in [3.8, 4) is 0 Å². The van der Waals surface area contributed by atoms with Crippen molar-refractivity contribution in [2.24, 2.45) is 0 Å². The third kappa shape index (κ3) is 14.8. The summed E-state index contributed by atoms with van der Waals surface area (Å²) in [5.74, 6) is -71.4. The van der Waals surface area contributed by atoms with Crippen LogP contribution in [0.2, 0.25) is 0 Å². The molecular formula is C69H72BF20N4-. The molecule has 25 heteroatoms. The molecule has 0 aliphatic carbocycles. The molecule has 0 aromatic heterocycles. The zero-order chi connectivity index (χ0) is 70.0. The Hall–Kier alpha value is -7.60. The van der Waals surface area contributed by atoms with Crippen LogP contribution in [0, 0.1) is 137 Å². The van der Waals surface area contributed by atoms with Crippen molar-refractivity contribution in [1.82, 2.24) is 0 Å². The Morgan fingerprint density at radius 1 is 0.245 bits per heavy atom. The molecule has 7 aromatic rings. The summed E-state index contributed by atoms with van der Waals surface area (Å²) in [6.45, 7) is 27.5. The molecule has 4 nitrogen and oxygen atoms in total. The Kier molecular flexibility index (Phi) is 26.2. The molecule has 0 saturated carbocycles. The van der Waals surface area contributed by atoms with Crippen LogP contribution in [0.4, 0.5) is 122 Å². The lowest BCUT2D eigenvalue weighted by atomic mass is 9.12. The maximum atomic E-state index is 15.4. The molecule has 0 radical (unpaired) electrons. The Morgan fingerprint density at radius 2 is 0.404 bits per heavy atom. The molecule has 0 aliphatic heterocycles. The molecule has 0 unspecified atom stereocenters. The van der Waals surface area contributed by atoms with Crippen molar-refractivity contribution in [2.45, 2.75) is 139 Å². The summed E-state index contributed by atoms with van der Waals surface area (Å²) in [5.41, 5.74) is -2.50. The molecule has 0 aliphatic rings. The van der Waals surface area contributed by atoms with E-state index in [1.165, 1.54) is 128 Å². The SMILES string of the molecule is CCCCN(CCCC)c1ccc(N(c2ccc(N(CCCC)CCCC)cc2C)c2ccc(N(CCCC)CCCC)cc2C)c(C)c1.Fc1c(F)c(F)c([B-](c2c(F)c(F)c(F)c(F)c2F)(c2c(F)c(F)c(F)c(F)c2F)c2c(F)c(F)c(F)c(F)c2F)c(F)c1F. The number of anilines is 6. The highest BCUT2D eigenvalue weighted by Gasteiger charge is 2.52. The fourth-order valence-corrected chi connectivity index (χ4v) is 11.7. The van der Waals surface area contributed by atoms with Gasteiger partial charge in [0.1, 0.15) is 52.7 Å². The molecule has 0 N–H and O–H groups in total. The highest BCUT2D eigenvalue weighted by atomic mass is 19.2. The number of benzene rings is 7. The largest absolute Gasteiger partial charge is 0.372 e. The van der Waals surface area contributed by atoms with Crippen LogP contribution in [-0.2, 0) is 0 Å². The fraction of sp³-hybridized carbons (Fsp3) is 0.391. The van der Waals surface area contributed by atoms with Gasteiger partial charge in [-0.1, -0.05) is 80.1 Å². The van der Waals surface area contributed by atoms with Gasteiger partial charge in [0.15, 0.2) is 69.8 Å². The minimum Gasteiger partial charge on any atom is -0.372 e. The van der Waals surface area contributed by atoms with E-state index in [4.69, 9.17) is 0 Å². The maximum absolute atomic E-state index is 15.4. The number of nitrogens with zero attached hydrogens (tertiary/aromatic N) is 4. The van der Waals surface area contributed by atoms with Crippen LogP contribution in [0.1, 0.15) is 135 Å². The Bertz CT molecular complexity index is 3260. The molecule has 7 rings (SSSR count). The second kappa shape index (κ2) is 32.7. The first kappa shape index (κ1) is 75.4. The lowest BCUT2D eigenvalue weighted by molar-refractivity contribution is 0.378. The van der Waals surface area contributed by atoms with Gasteiger partial charge in [0.05, 0.1) is 0 Å². The predicted molar refractivity (Wildman–Crippen MR) is 331 cm³/mol. The number of aryl methyl sites for hydroxylation is 3. The lowest BCUT2D eigenvalue weighted by Crippen LogP contribution is -2.81. The van der Waals surface area contributed by atoms with Gasteiger partial charge < -0.3 is 19.6 Å². The molecule has 94 heavy (non-hydrogen) atoms. The summed E-state index contributed by atoms with van der Waals surface area (Å²) in [6.07, 6.45) is 7.51. The van der Waals surface area contributed by atoms with Crippen LogP contribution in [-0.4, -0.2) is 45.4 Å². The van der Waals surface area contributed by atoms with Gasteiger partial charge in [-0.2, -0.15) is 0 Å². The molecule has 512 valence electrons. The van der Waals surface area contributed by atoms with Crippen molar-refractivity contribution in [3.63, 3.8) is 0 Å². The summed E-state index contributed by atoms with van der Waals surface area (Å²) < 4.78 is 294. The van der Waals surface area contributed by atoms with Crippen molar-refractivity contribution >= 4 is 62.1 Å². The van der Waals surface area contributed by atoms with Gasteiger partial charge in [0.25, 0.3) is 0 Å². The van der Waals surface area contributed by atoms with Crippen LogP contribution in [0.3, 0.4) is 0 Å². The van der Waals surface area contributed by atoms with Crippen molar-refractivity contribution in [1.29, 1.82) is 0 Å². The first-order valence-electron chi connectivity index (χ1n) is 31.1. The van der Waals surface area contributed by atoms with Crippen LogP contribution in [0.5, 0.6) is 0 Å². The molecule has 0 atom stereocenters. The Morgan fingerprint density at radius 3 is 0.553 bits per heavy atom. The van der Waals surface area contributed by atoms with E-state index >= 15 is 35.1 Å². The van der Waals surface area contributed by atoms with Gasteiger partial charge >= 0.3 is 0 Å². The maximum Gasteiger partial charge on any atom is 0.200 e. The van der Waals surface area contributed by atoms with E-state index in [0.717, 1.165) is 39.3 Å². The minimum absolute atomic E-state index is 1.12. The zero-order valence-corrected chi connectivity index (χ0v) is 53.3. The summed E-state index contributed by atoms with van der Waals surface area (Å²) in [5, 5.41) is 0. The van der Waals surface area contributed by atoms with Gasteiger partial charge in [-0.25, -0.2) is 87.8 Å². The van der Waals surface area contributed by atoms with Crippen molar-refractivity contribution in [3.05, 3.63) is 188 Å². The standard InChI is InChI=1S/C45H72N4.C24BF20/c1-10-16-28-46(29-17-11-2)40-22-25-43(37(7)34-40)49(44-26-23-41(35-38(44)8)47(30-18-12-3)31-19-13-4)45-27-24-42(36-39(45)9)48(32-20-14-5)33-21-15-6;26-5-1(6(27)14(35)21(42)13(5)34)25(2-7(28)15(36)22(43)16(37)8(2)29,3-9(30)17(38)23(44)18(39)10(3)31)4-11(32)19(40)24(45)20(41)12(4)33/h22-27,34-36H,10-21,28-33H2,1-9H3;/q;-1. The van der Waals surface area contributed by atoms with Crippen molar-refractivity contribution < 1.29 is 87.8 Å². The topological polar surface area (TPSA) is 13.0 Å². The van der Waals surface area contributed by atoms with E-state index in [2.05, 4.69) is 137 Å². The first-order valence-corrected chi connectivity index (χ1v) is 31.1. The molecule has 7 aromatic carbocycles. The van der Waals surface area contributed by atoms with Gasteiger partial charge in [-0.05, 0) is 131 Å². The lowest BCUT2D eigenvalue weighted by Gasteiger charge is -2.44. The quantitative estimate of drug-likeness (QED) is 0.0210. The predicted octanol–water partition coefficient (Wildman–Crippen LogP) is 19.1. The highest BCUT2D eigenvalue weighted by Crippen LogP contribution is 2.43. The van der Waals surface area contributed by atoms with E-state index in [-0.39, 0.29) is 0 Å². The summed E-state index contributed by atoms with van der Waals surface area (Å²) >= 11 is 0. The average molecular weight is 1350 g/mol.